The topological polar surface area (TPSA) is 68.1 Å². The van der Waals surface area contributed by atoms with Crippen molar-refractivity contribution in [3.05, 3.63) is 77.5 Å². The van der Waals surface area contributed by atoms with Crippen LogP contribution in [0.1, 0.15) is 16.8 Å². The summed E-state index contributed by atoms with van der Waals surface area (Å²) in [4.78, 5) is 14.1. The van der Waals surface area contributed by atoms with Gasteiger partial charge in [-0.25, -0.2) is 4.98 Å². The van der Waals surface area contributed by atoms with Gasteiger partial charge in [0, 0.05) is 50.2 Å². The lowest BCUT2D eigenvalue weighted by Crippen LogP contribution is -2.46. The van der Waals surface area contributed by atoms with Crippen LogP contribution in [0.5, 0.6) is 0 Å². The molecule has 1 aliphatic heterocycles. The number of aryl methyl sites for hydroxylation is 1. The van der Waals surface area contributed by atoms with Crippen molar-refractivity contribution in [3.63, 3.8) is 0 Å². The van der Waals surface area contributed by atoms with Gasteiger partial charge in [-0.3, -0.25) is 4.90 Å². The normalized spacial score (nSPS) is 14.4. The third kappa shape index (κ3) is 4.89. The van der Waals surface area contributed by atoms with Crippen LogP contribution in [0.25, 0.3) is 0 Å². The Bertz CT molecular complexity index is 1000. The van der Waals surface area contributed by atoms with Crippen molar-refractivity contribution in [3.8, 4) is 6.07 Å². The van der Waals surface area contributed by atoms with Gasteiger partial charge in [-0.2, -0.15) is 10.2 Å². The molecular weight excluding hydrogens is 360 g/mol. The largest absolute Gasteiger partial charge is 0.340 e. The molecule has 3 aromatic rings. The molecule has 0 bridgehead atoms. The Balaban J connectivity index is 1.42. The lowest BCUT2D eigenvalue weighted by molar-refractivity contribution is 0.248. The number of benzene rings is 2. The number of nitriles is 1. The van der Waals surface area contributed by atoms with Gasteiger partial charge in [0.2, 0.25) is 5.95 Å². The summed E-state index contributed by atoms with van der Waals surface area (Å²) in [5, 5.41) is 12.4. The predicted octanol–water partition coefficient (Wildman–Crippen LogP) is 3.72. The van der Waals surface area contributed by atoms with Gasteiger partial charge in [0.15, 0.2) is 0 Å². The van der Waals surface area contributed by atoms with Gasteiger partial charge in [0.05, 0.1) is 11.6 Å². The molecule has 1 fully saturated rings. The molecule has 0 unspecified atom stereocenters. The van der Waals surface area contributed by atoms with Crippen molar-refractivity contribution in [2.24, 2.45) is 0 Å². The minimum atomic E-state index is 0.621. The third-order valence-corrected chi connectivity index (χ3v) is 5.01. The Labute approximate surface area is 171 Å². The molecule has 0 radical (unpaired) electrons. The molecule has 0 saturated carbocycles. The fourth-order valence-corrected chi connectivity index (χ4v) is 3.52. The first kappa shape index (κ1) is 18.9. The van der Waals surface area contributed by atoms with Crippen molar-refractivity contribution < 1.29 is 0 Å². The summed E-state index contributed by atoms with van der Waals surface area (Å²) in [6.45, 7) is 6.73. The summed E-state index contributed by atoms with van der Waals surface area (Å²) < 4.78 is 0. The summed E-state index contributed by atoms with van der Waals surface area (Å²) in [7, 11) is 0. The Morgan fingerprint density at radius 1 is 0.966 bits per heavy atom. The second-order valence-electron chi connectivity index (χ2n) is 7.26. The van der Waals surface area contributed by atoms with Crippen molar-refractivity contribution in [2.45, 2.75) is 13.5 Å². The van der Waals surface area contributed by atoms with Crippen molar-refractivity contribution in [1.29, 1.82) is 5.26 Å². The molecule has 6 nitrogen and oxygen atoms in total. The first-order valence-corrected chi connectivity index (χ1v) is 9.84. The number of hydrogen-bond acceptors (Lipinski definition) is 6. The summed E-state index contributed by atoms with van der Waals surface area (Å²) in [6.07, 6.45) is 0. The summed E-state index contributed by atoms with van der Waals surface area (Å²) >= 11 is 0. The van der Waals surface area contributed by atoms with E-state index in [1.165, 1.54) is 5.56 Å². The maximum atomic E-state index is 9.09. The number of nitrogens with one attached hydrogen (secondary N) is 1. The SMILES string of the molecule is Cc1cc(Nc2cccc(C#N)c2)nc(N2CCN(Cc3ccccc3)CC2)n1. The molecular formula is C23H24N6. The van der Waals surface area contributed by atoms with Crippen LogP contribution in [0.3, 0.4) is 0 Å². The molecule has 0 spiro atoms. The van der Waals surface area contributed by atoms with Crippen LogP contribution in [-0.4, -0.2) is 41.0 Å². The monoisotopic (exact) mass is 384 g/mol. The highest BCUT2D eigenvalue weighted by Crippen LogP contribution is 2.20. The van der Waals surface area contributed by atoms with Crippen LogP contribution in [-0.2, 0) is 6.54 Å². The van der Waals surface area contributed by atoms with E-state index >= 15 is 0 Å². The Kier molecular flexibility index (Phi) is 5.68. The molecule has 1 aromatic heterocycles. The van der Waals surface area contributed by atoms with E-state index in [4.69, 9.17) is 10.2 Å². The standard InChI is InChI=1S/C23H24N6/c1-18-14-22(26-21-9-5-8-20(15-21)16-24)27-23(25-18)29-12-10-28(11-13-29)17-19-6-3-2-4-7-19/h2-9,14-15H,10-13,17H2,1H3,(H,25,26,27). The van der Waals surface area contributed by atoms with Crippen molar-refractivity contribution in [2.75, 3.05) is 36.4 Å². The molecule has 0 atom stereocenters. The number of hydrogen-bond donors (Lipinski definition) is 1. The Hall–Kier alpha value is -3.43. The molecule has 0 amide bonds. The van der Waals surface area contributed by atoms with Gasteiger partial charge in [-0.15, -0.1) is 0 Å². The zero-order chi connectivity index (χ0) is 20.1. The van der Waals surface area contributed by atoms with E-state index in [0.717, 1.165) is 55.9 Å². The molecule has 2 heterocycles. The van der Waals surface area contributed by atoms with Gasteiger partial charge < -0.3 is 10.2 Å². The first-order chi connectivity index (χ1) is 14.2. The molecule has 29 heavy (non-hydrogen) atoms. The summed E-state index contributed by atoms with van der Waals surface area (Å²) in [6, 6.07) is 22.1. The number of piperazine rings is 1. The fourth-order valence-electron chi connectivity index (χ4n) is 3.52. The summed E-state index contributed by atoms with van der Waals surface area (Å²) in [5.74, 6) is 1.50. The lowest BCUT2D eigenvalue weighted by Gasteiger charge is -2.35. The highest BCUT2D eigenvalue weighted by molar-refractivity contribution is 5.59. The van der Waals surface area contributed by atoms with E-state index in [9.17, 15) is 0 Å². The number of nitrogens with zero attached hydrogens (tertiary/aromatic N) is 5. The fraction of sp³-hybridized carbons (Fsp3) is 0.261. The van der Waals surface area contributed by atoms with Gasteiger partial charge in [-0.1, -0.05) is 36.4 Å². The quantitative estimate of drug-likeness (QED) is 0.723. The zero-order valence-corrected chi connectivity index (χ0v) is 16.5. The van der Waals surface area contributed by atoms with E-state index in [-0.39, 0.29) is 0 Å². The molecule has 0 aliphatic carbocycles. The Morgan fingerprint density at radius 2 is 1.76 bits per heavy atom. The summed E-state index contributed by atoms with van der Waals surface area (Å²) in [5.41, 5.74) is 3.73. The number of aromatic nitrogens is 2. The molecule has 146 valence electrons. The molecule has 1 aliphatic rings. The first-order valence-electron chi connectivity index (χ1n) is 9.84. The van der Waals surface area contributed by atoms with E-state index in [1.54, 1.807) is 6.07 Å². The van der Waals surface area contributed by atoms with Gasteiger partial charge in [0.25, 0.3) is 0 Å². The average Bonchev–Trinajstić information content (AvgIpc) is 2.75. The van der Waals surface area contributed by atoms with E-state index < -0.39 is 0 Å². The van der Waals surface area contributed by atoms with Gasteiger partial charge >= 0.3 is 0 Å². The second kappa shape index (κ2) is 8.72. The maximum absolute atomic E-state index is 9.09. The maximum Gasteiger partial charge on any atom is 0.227 e. The minimum Gasteiger partial charge on any atom is -0.340 e. The highest BCUT2D eigenvalue weighted by atomic mass is 15.3. The smallest absolute Gasteiger partial charge is 0.227 e. The molecule has 2 aromatic carbocycles. The number of anilines is 3. The lowest BCUT2D eigenvalue weighted by atomic mass is 10.2. The zero-order valence-electron chi connectivity index (χ0n) is 16.5. The molecule has 1 saturated heterocycles. The number of rotatable bonds is 5. The van der Waals surface area contributed by atoms with Crippen LogP contribution >= 0.6 is 0 Å². The van der Waals surface area contributed by atoms with Crippen LogP contribution in [0.4, 0.5) is 17.5 Å². The van der Waals surface area contributed by atoms with Crippen LogP contribution in [0.2, 0.25) is 0 Å². The van der Waals surface area contributed by atoms with Gasteiger partial charge in [0.1, 0.15) is 5.82 Å². The third-order valence-electron chi connectivity index (χ3n) is 5.01. The van der Waals surface area contributed by atoms with Crippen LogP contribution in [0, 0.1) is 18.3 Å². The predicted molar refractivity (Wildman–Crippen MR) is 115 cm³/mol. The van der Waals surface area contributed by atoms with Crippen LogP contribution in [0.15, 0.2) is 60.7 Å². The highest BCUT2D eigenvalue weighted by Gasteiger charge is 2.19. The molecule has 1 N–H and O–H groups in total. The van der Waals surface area contributed by atoms with Crippen molar-refractivity contribution >= 4 is 17.5 Å². The molecule has 4 rings (SSSR count). The van der Waals surface area contributed by atoms with E-state index in [0.29, 0.717) is 5.56 Å². The average molecular weight is 384 g/mol. The Morgan fingerprint density at radius 3 is 2.52 bits per heavy atom. The molecule has 6 heteroatoms. The van der Waals surface area contributed by atoms with Crippen LogP contribution < -0.4 is 10.2 Å². The van der Waals surface area contributed by atoms with E-state index in [1.807, 2.05) is 31.2 Å². The van der Waals surface area contributed by atoms with Gasteiger partial charge in [-0.05, 0) is 30.7 Å². The van der Waals surface area contributed by atoms with Crippen molar-refractivity contribution in [1.82, 2.24) is 14.9 Å². The minimum absolute atomic E-state index is 0.621. The second-order valence-corrected chi connectivity index (χ2v) is 7.26. The van der Waals surface area contributed by atoms with E-state index in [2.05, 4.69) is 56.5 Å².